The fourth-order valence-electron chi connectivity index (χ4n) is 1.08. The zero-order valence-corrected chi connectivity index (χ0v) is 9.60. The number of ether oxygens (including phenoxy) is 4. The van der Waals surface area contributed by atoms with E-state index in [0.717, 1.165) is 7.15 Å². The molecule has 0 fully saturated rings. The van der Waals surface area contributed by atoms with Crippen molar-refractivity contribution in [3.05, 3.63) is 0 Å². The predicted octanol–water partition coefficient (Wildman–Crippen LogP) is 0.495. The molecule has 0 aliphatic heterocycles. The first-order valence-electron chi connectivity index (χ1n) is 4.98. The van der Waals surface area contributed by atoms with Crippen LogP contribution < -0.4 is 0 Å². The van der Waals surface area contributed by atoms with Crippen molar-refractivity contribution in [3.63, 3.8) is 0 Å². The van der Waals surface area contributed by atoms with E-state index in [-0.39, 0.29) is 6.10 Å². The van der Waals surface area contributed by atoms with Crippen LogP contribution in [0.25, 0.3) is 0 Å². The van der Waals surface area contributed by atoms with E-state index >= 15 is 0 Å². The summed E-state index contributed by atoms with van der Waals surface area (Å²) in [5.41, 5.74) is 0. The second kappa shape index (κ2) is 10.2. The Labute approximate surface area is 91.3 Å². The van der Waals surface area contributed by atoms with Crippen molar-refractivity contribution in [2.45, 2.75) is 25.6 Å². The van der Waals surface area contributed by atoms with Crippen LogP contribution in [0.15, 0.2) is 0 Å². The van der Waals surface area contributed by atoms with Crippen LogP contribution in [-0.4, -0.2) is 53.6 Å². The van der Waals surface area contributed by atoms with Crippen LogP contribution in [0.2, 0.25) is 6.32 Å². The molecule has 0 spiro atoms. The van der Waals surface area contributed by atoms with Crippen molar-refractivity contribution < 1.29 is 23.7 Å². The van der Waals surface area contributed by atoms with Crippen molar-refractivity contribution >= 4 is 7.15 Å². The molecule has 0 aromatic heterocycles. The van der Waals surface area contributed by atoms with Crippen molar-refractivity contribution in [2.24, 2.45) is 0 Å². The molecule has 6 heteroatoms. The molecule has 88 valence electrons. The third kappa shape index (κ3) is 6.73. The predicted molar refractivity (Wildman–Crippen MR) is 55.3 cm³/mol. The van der Waals surface area contributed by atoms with E-state index in [4.69, 9.17) is 18.9 Å². The molecule has 0 heterocycles. The molecule has 0 amide bonds. The van der Waals surface area contributed by atoms with Crippen LogP contribution in [0.3, 0.4) is 0 Å². The van der Waals surface area contributed by atoms with E-state index in [2.05, 4.69) is 0 Å². The number of methoxy groups -OCH3 is 2. The number of rotatable bonds is 10. The summed E-state index contributed by atoms with van der Waals surface area (Å²) in [6, 6.07) is 0. The number of hydrogen-bond acceptors (Lipinski definition) is 5. The van der Waals surface area contributed by atoms with E-state index in [1.54, 1.807) is 14.2 Å². The molecule has 0 aliphatic carbocycles. The molecule has 0 rings (SSSR count). The van der Waals surface area contributed by atoms with Crippen LogP contribution >= 0.6 is 0 Å². The van der Waals surface area contributed by atoms with Crippen molar-refractivity contribution in [3.8, 4) is 0 Å². The molecule has 0 bridgehead atoms. The Hall–Kier alpha value is -0.295. The van der Waals surface area contributed by atoms with Gasteiger partial charge in [-0.2, -0.15) is 0 Å². The Morgan fingerprint density at radius 3 is 2.47 bits per heavy atom. The summed E-state index contributed by atoms with van der Waals surface area (Å²) < 4.78 is 31.0. The van der Waals surface area contributed by atoms with E-state index in [0.29, 0.717) is 26.1 Å². The van der Waals surface area contributed by atoms with Gasteiger partial charge in [0, 0.05) is 0 Å². The first-order valence-corrected chi connectivity index (χ1v) is 4.98. The van der Waals surface area contributed by atoms with Gasteiger partial charge in [0.05, 0.1) is 0 Å². The molecule has 15 heavy (non-hydrogen) atoms. The second-order valence-corrected chi connectivity index (χ2v) is 2.88. The normalized spacial score (nSPS) is 14.6. The Morgan fingerprint density at radius 2 is 2.00 bits per heavy atom. The van der Waals surface area contributed by atoms with Crippen molar-refractivity contribution in [1.29, 1.82) is 0 Å². The van der Waals surface area contributed by atoms with Gasteiger partial charge in [-0.25, -0.2) is 0 Å². The van der Waals surface area contributed by atoms with Crippen LogP contribution in [0, 0.1) is 0 Å². The standard InChI is InChI=1S/C9H19BO5/c1-4-14-9(15-6-5-10-11)8(13-3)7-12-2/h8-9H,4-7H2,1-3H3. The average Bonchev–Trinajstić information content (AvgIpc) is 2.25. The monoisotopic (exact) mass is 218 g/mol. The average molecular weight is 218 g/mol. The fraction of sp³-hybridized carbons (Fsp3) is 1.00. The SMILES string of the molecule is CCOC(OCCB=O)C(COC)OC. The van der Waals surface area contributed by atoms with Gasteiger partial charge >= 0.3 is 90.5 Å². The third-order valence-electron chi connectivity index (χ3n) is 1.79. The summed E-state index contributed by atoms with van der Waals surface area (Å²) in [5.74, 6) is 0. The first kappa shape index (κ1) is 14.7. The van der Waals surface area contributed by atoms with Crippen LogP contribution in [0.1, 0.15) is 6.92 Å². The van der Waals surface area contributed by atoms with Gasteiger partial charge in [0.1, 0.15) is 0 Å². The van der Waals surface area contributed by atoms with Crippen LogP contribution in [-0.2, 0) is 23.7 Å². The molecule has 0 aliphatic rings. The van der Waals surface area contributed by atoms with Gasteiger partial charge < -0.3 is 0 Å². The van der Waals surface area contributed by atoms with Crippen LogP contribution in [0.4, 0.5) is 0 Å². The summed E-state index contributed by atoms with van der Waals surface area (Å²) in [5, 5.41) is 0. The minimum atomic E-state index is -0.486. The van der Waals surface area contributed by atoms with E-state index < -0.39 is 6.29 Å². The molecule has 0 N–H and O–H groups in total. The summed E-state index contributed by atoms with van der Waals surface area (Å²) >= 11 is 0. The molecule has 2 atom stereocenters. The van der Waals surface area contributed by atoms with Gasteiger partial charge in [0.15, 0.2) is 0 Å². The maximum absolute atomic E-state index is 10.1. The summed E-state index contributed by atoms with van der Waals surface area (Å²) in [7, 11) is 3.96. The van der Waals surface area contributed by atoms with Gasteiger partial charge in [0.2, 0.25) is 0 Å². The molecule has 0 saturated carbocycles. The van der Waals surface area contributed by atoms with Gasteiger partial charge in [-0.3, -0.25) is 0 Å². The maximum atomic E-state index is 10.1. The molecule has 5 nitrogen and oxygen atoms in total. The Bertz CT molecular complexity index is 155. The fourth-order valence-corrected chi connectivity index (χ4v) is 1.08. The Kier molecular flexibility index (Phi) is 10.0. The molecule has 0 aromatic carbocycles. The van der Waals surface area contributed by atoms with Gasteiger partial charge in [-0.1, -0.05) is 0 Å². The van der Waals surface area contributed by atoms with E-state index in [1.807, 2.05) is 6.92 Å². The van der Waals surface area contributed by atoms with Gasteiger partial charge in [-0.05, 0) is 0 Å². The minimum absolute atomic E-state index is 0.276. The van der Waals surface area contributed by atoms with Crippen LogP contribution in [0.5, 0.6) is 0 Å². The summed E-state index contributed by atoms with van der Waals surface area (Å²) in [6.07, 6.45) is -0.408. The molecular weight excluding hydrogens is 199 g/mol. The Morgan fingerprint density at radius 1 is 1.27 bits per heavy atom. The van der Waals surface area contributed by atoms with Gasteiger partial charge in [0.25, 0.3) is 0 Å². The summed E-state index contributed by atoms with van der Waals surface area (Å²) in [4.78, 5) is 0. The zero-order chi connectivity index (χ0) is 11.5. The molecular formula is C9H19BO5. The molecule has 0 aromatic rings. The topological polar surface area (TPSA) is 54.0 Å². The van der Waals surface area contributed by atoms with E-state index in [9.17, 15) is 4.70 Å². The third-order valence-corrected chi connectivity index (χ3v) is 1.79. The molecule has 0 radical (unpaired) electrons. The molecule has 2 unspecified atom stereocenters. The van der Waals surface area contributed by atoms with E-state index in [1.165, 1.54) is 0 Å². The second-order valence-electron chi connectivity index (χ2n) is 2.88. The van der Waals surface area contributed by atoms with Crippen molar-refractivity contribution in [2.75, 3.05) is 34.0 Å². The first-order chi connectivity index (χ1) is 7.29. The summed E-state index contributed by atoms with van der Waals surface area (Å²) in [6.45, 7) is 3.12. The van der Waals surface area contributed by atoms with Crippen molar-refractivity contribution in [1.82, 2.24) is 0 Å². The number of hydrogen-bond donors (Lipinski definition) is 0. The molecule has 0 saturated heterocycles. The zero-order valence-electron chi connectivity index (χ0n) is 9.60. The quantitative estimate of drug-likeness (QED) is 0.303. The Balaban J connectivity index is 4.00. The van der Waals surface area contributed by atoms with Gasteiger partial charge in [-0.15, -0.1) is 0 Å².